The summed E-state index contributed by atoms with van der Waals surface area (Å²) in [5, 5.41) is 3.73. The zero-order valence-corrected chi connectivity index (χ0v) is 32.2. The average molecular weight is 749 g/mol. The Morgan fingerprint density at radius 2 is 0.831 bits per heavy atom. The zero-order chi connectivity index (χ0) is 38.7. The highest BCUT2D eigenvalue weighted by Crippen LogP contribution is 2.63. The molecule has 0 saturated heterocycles. The highest BCUT2D eigenvalue weighted by atomic mass is 15.0. The van der Waals surface area contributed by atoms with E-state index in [0.717, 1.165) is 11.4 Å². The molecule has 274 valence electrons. The molecular formula is C57H36N2. The van der Waals surface area contributed by atoms with Crippen molar-refractivity contribution >= 4 is 32.7 Å². The van der Waals surface area contributed by atoms with Crippen LogP contribution in [0.4, 0.5) is 0 Å². The molecule has 0 atom stereocenters. The van der Waals surface area contributed by atoms with Gasteiger partial charge in [-0.15, -0.1) is 0 Å². The van der Waals surface area contributed by atoms with E-state index in [1.54, 1.807) is 0 Å². The molecule has 13 rings (SSSR count). The highest BCUT2D eigenvalue weighted by molar-refractivity contribution is 6.19. The van der Waals surface area contributed by atoms with Gasteiger partial charge in [0.25, 0.3) is 0 Å². The maximum absolute atomic E-state index is 2.48. The van der Waals surface area contributed by atoms with Crippen LogP contribution in [0.25, 0.3) is 88.6 Å². The van der Waals surface area contributed by atoms with Crippen molar-refractivity contribution in [2.24, 2.45) is 0 Å². The molecule has 2 heteroatoms. The van der Waals surface area contributed by atoms with Gasteiger partial charge < -0.3 is 9.13 Å². The van der Waals surface area contributed by atoms with Crippen LogP contribution in [0.2, 0.25) is 0 Å². The highest BCUT2D eigenvalue weighted by Gasteiger charge is 2.51. The van der Waals surface area contributed by atoms with E-state index >= 15 is 0 Å². The SMILES string of the molecule is c1ccc(-n2ccc3c2ccc2c4cc(-c5cccc(-c6ccc7c(c6)C6(c8ccccc8-c8ccccc86)c6ccccc6-7)c5)ccc4n(-c4ccccc4)c23)cc1. The van der Waals surface area contributed by atoms with Gasteiger partial charge in [0.2, 0.25) is 0 Å². The summed E-state index contributed by atoms with van der Waals surface area (Å²) in [6.07, 6.45) is 2.20. The van der Waals surface area contributed by atoms with E-state index in [2.05, 4.69) is 228 Å². The summed E-state index contributed by atoms with van der Waals surface area (Å²) in [4.78, 5) is 0. The molecule has 0 fully saturated rings. The van der Waals surface area contributed by atoms with Crippen LogP contribution in [0.3, 0.4) is 0 Å². The van der Waals surface area contributed by atoms with Gasteiger partial charge in [-0.2, -0.15) is 0 Å². The van der Waals surface area contributed by atoms with Crippen LogP contribution >= 0.6 is 0 Å². The Labute approximate surface area is 342 Å². The van der Waals surface area contributed by atoms with Crippen molar-refractivity contribution in [1.82, 2.24) is 9.13 Å². The summed E-state index contributed by atoms with van der Waals surface area (Å²) in [5.41, 5.74) is 21.2. The zero-order valence-electron chi connectivity index (χ0n) is 32.2. The molecule has 2 aliphatic rings. The molecule has 11 aromatic rings. The number of hydrogen-bond acceptors (Lipinski definition) is 0. The van der Waals surface area contributed by atoms with Crippen molar-refractivity contribution in [3.05, 3.63) is 241 Å². The number of nitrogens with zero attached hydrogens (tertiary/aromatic N) is 2. The Kier molecular flexibility index (Phi) is 6.68. The molecular weight excluding hydrogens is 713 g/mol. The van der Waals surface area contributed by atoms with Crippen molar-refractivity contribution in [2.45, 2.75) is 5.41 Å². The molecule has 2 heterocycles. The van der Waals surface area contributed by atoms with E-state index < -0.39 is 0 Å². The molecule has 0 amide bonds. The second-order valence-corrected chi connectivity index (χ2v) is 16.0. The third-order valence-corrected chi connectivity index (χ3v) is 13.2. The van der Waals surface area contributed by atoms with Gasteiger partial charge in [0, 0.05) is 33.7 Å². The Morgan fingerprint density at radius 3 is 1.49 bits per heavy atom. The molecule has 59 heavy (non-hydrogen) atoms. The predicted octanol–water partition coefficient (Wildman–Crippen LogP) is 14.4. The fourth-order valence-corrected chi connectivity index (χ4v) is 10.7. The monoisotopic (exact) mass is 748 g/mol. The molecule has 2 aliphatic carbocycles. The van der Waals surface area contributed by atoms with Gasteiger partial charge >= 0.3 is 0 Å². The van der Waals surface area contributed by atoms with E-state index in [1.165, 1.54) is 99.5 Å². The Balaban J connectivity index is 0.977. The standard InChI is InChI=1S/C57H36N2/c1-3-16-41(17-4-1)58-33-32-48-54(58)31-29-47-49-35-39(27-30-55(49)59(56(47)48)42-18-5-2-6-19-42)37-14-13-15-38(34-37)40-26-28-46-45-22-9-12-25-52(45)57(53(46)36-40)50-23-10-7-20-43(50)44-21-8-11-24-51(44)57/h1-36H. The summed E-state index contributed by atoms with van der Waals surface area (Å²) in [6, 6.07) is 78.7. The first-order chi connectivity index (χ1) is 29.3. The molecule has 9 aromatic carbocycles. The van der Waals surface area contributed by atoms with Crippen molar-refractivity contribution in [3.63, 3.8) is 0 Å². The molecule has 0 N–H and O–H groups in total. The molecule has 2 nitrogen and oxygen atoms in total. The third-order valence-electron chi connectivity index (χ3n) is 13.2. The molecule has 1 spiro atoms. The maximum Gasteiger partial charge on any atom is 0.0725 e. The number of fused-ring (bicyclic) bond motifs is 15. The van der Waals surface area contributed by atoms with Gasteiger partial charge in [-0.05, 0) is 127 Å². The number of rotatable bonds is 4. The fourth-order valence-electron chi connectivity index (χ4n) is 10.7. The van der Waals surface area contributed by atoms with Gasteiger partial charge in [0.05, 0.1) is 22.0 Å². The average Bonchev–Trinajstić information content (AvgIpc) is 4.05. The van der Waals surface area contributed by atoms with Crippen LogP contribution < -0.4 is 0 Å². The maximum atomic E-state index is 2.48. The normalized spacial score (nSPS) is 13.2. The molecule has 0 unspecified atom stereocenters. The second kappa shape index (κ2) is 12.2. The quantitative estimate of drug-likeness (QED) is 0.170. The van der Waals surface area contributed by atoms with Gasteiger partial charge in [-0.1, -0.05) is 152 Å². The minimum Gasteiger partial charge on any atom is -0.316 e. The number of hydrogen-bond donors (Lipinski definition) is 0. The second-order valence-electron chi connectivity index (χ2n) is 16.0. The van der Waals surface area contributed by atoms with Gasteiger partial charge in [-0.25, -0.2) is 0 Å². The summed E-state index contributed by atoms with van der Waals surface area (Å²) >= 11 is 0. The smallest absolute Gasteiger partial charge is 0.0725 e. The van der Waals surface area contributed by atoms with Crippen LogP contribution in [0.1, 0.15) is 22.3 Å². The van der Waals surface area contributed by atoms with Crippen LogP contribution in [0, 0.1) is 0 Å². The Hall–Kier alpha value is -7.68. The third kappa shape index (κ3) is 4.40. The van der Waals surface area contributed by atoms with Crippen molar-refractivity contribution in [1.29, 1.82) is 0 Å². The largest absolute Gasteiger partial charge is 0.316 e. The van der Waals surface area contributed by atoms with Gasteiger partial charge in [-0.3, -0.25) is 0 Å². The number of para-hydroxylation sites is 2. The van der Waals surface area contributed by atoms with Crippen LogP contribution in [-0.2, 0) is 5.41 Å². The van der Waals surface area contributed by atoms with E-state index in [0.29, 0.717) is 0 Å². The summed E-state index contributed by atoms with van der Waals surface area (Å²) in [5.74, 6) is 0. The summed E-state index contributed by atoms with van der Waals surface area (Å²) < 4.78 is 4.74. The molecule has 0 bridgehead atoms. The fraction of sp³-hybridized carbons (Fsp3) is 0.0175. The van der Waals surface area contributed by atoms with Crippen molar-refractivity contribution in [2.75, 3.05) is 0 Å². The first-order valence-corrected chi connectivity index (χ1v) is 20.5. The Bertz CT molecular complexity index is 3430. The van der Waals surface area contributed by atoms with E-state index in [9.17, 15) is 0 Å². The van der Waals surface area contributed by atoms with Crippen molar-refractivity contribution in [3.8, 4) is 55.9 Å². The predicted molar refractivity (Wildman–Crippen MR) is 245 cm³/mol. The summed E-state index contributed by atoms with van der Waals surface area (Å²) in [6.45, 7) is 0. The lowest BCUT2D eigenvalue weighted by atomic mass is 9.70. The van der Waals surface area contributed by atoms with Gasteiger partial charge in [0.15, 0.2) is 0 Å². The number of aromatic nitrogens is 2. The number of benzene rings is 9. The minimum absolute atomic E-state index is 0.363. The molecule has 0 radical (unpaired) electrons. The van der Waals surface area contributed by atoms with Crippen LogP contribution in [0.15, 0.2) is 219 Å². The van der Waals surface area contributed by atoms with Crippen LogP contribution in [-0.4, -0.2) is 9.13 Å². The van der Waals surface area contributed by atoms with E-state index in [4.69, 9.17) is 0 Å². The molecule has 0 aliphatic heterocycles. The van der Waals surface area contributed by atoms with Crippen molar-refractivity contribution < 1.29 is 0 Å². The minimum atomic E-state index is -0.363. The molecule has 0 saturated carbocycles. The lowest BCUT2D eigenvalue weighted by Gasteiger charge is -2.30. The first kappa shape index (κ1) is 32.4. The van der Waals surface area contributed by atoms with Crippen LogP contribution in [0.5, 0.6) is 0 Å². The molecule has 2 aromatic heterocycles. The Morgan fingerprint density at radius 1 is 0.305 bits per heavy atom. The lowest BCUT2D eigenvalue weighted by Crippen LogP contribution is -2.25. The van der Waals surface area contributed by atoms with Gasteiger partial charge in [0.1, 0.15) is 0 Å². The van der Waals surface area contributed by atoms with E-state index in [1.807, 2.05) is 0 Å². The topological polar surface area (TPSA) is 9.86 Å². The lowest BCUT2D eigenvalue weighted by molar-refractivity contribution is 0.794. The van der Waals surface area contributed by atoms with E-state index in [-0.39, 0.29) is 5.41 Å². The summed E-state index contributed by atoms with van der Waals surface area (Å²) in [7, 11) is 0. The first-order valence-electron chi connectivity index (χ1n) is 20.5.